The van der Waals surface area contributed by atoms with Crippen LogP contribution in [0.15, 0.2) is 18.2 Å². The molecule has 7 nitrogen and oxygen atoms in total. The summed E-state index contributed by atoms with van der Waals surface area (Å²) in [6.07, 6.45) is 5.63. The van der Waals surface area contributed by atoms with Gasteiger partial charge in [0.25, 0.3) is 0 Å². The van der Waals surface area contributed by atoms with Gasteiger partial charge in [-0.1, -0.05) is 27.2 Å². The van der Waals surface area contributed by atoms with Crippen LogP contribution in [-0.2, 0) is 21.5 Å². The number of carbonyl (C=O) groups excluding carboxylic acids is 1. The summed E-state index contributed by atoms with van der Waals surface area (Å²) in [6.45, 7) is 13.0. The molecule has 3 heterocycles. The number of hydrogen-bond donors (Lipinski definition) is 0. The summed E-state index contributed by atoms with van der Waals surface area (Å²) in [6, 6.07) is 6.70. The predicted octanol–water partition coefficient (Wildman–Crippen LogP) is 4.70. The standard InChI is InChI=1S/C27H41N5O2S/c1-27(2,3)26-28-23-18-22(8-9-24(23)32(26)19-20-10-16-34-17-11-20)29(4)35-31-14-12-30(13-15-31)25(33)21-6-5-7-21/h8-9,18,20-21H,5-7,10-17,19H2,1-4H3. The van der Waals surface area contributed by atoms with Gasteiger partial charge < -0.3 is 18.5 Å². The molecule has 35 heavy (non-hydrogen) atoms. The first-order chi connectivity index (χ1) is 16.8. The Hall–Kier alpha value is -1.77. The number of anilines is 1. The highest BCUT2D eigenvalue weighted by Gasteiger charge is 2.32. The lowest BCUT2D eigenvalue weighted by Gasteiger charge is -2.38. The number of ether oxygens (including phenoxy) is 1. The van der Waals surface area contributed by atoms with Crippen LogP contribution in [-0.4, -0.2) is 71.1 Å². The highest BCUT2D eigenvalue weighted by atomic mass is 32.2. The Balaban J connectivity index is 1.27. The van der Waals surface area contributed by atoms with E-state index in [-0.39, 0.29) is 5.41 Å². The van der Waals surface area contributed by atoms with E-state index >= 15 is 0 Å². The molecule has 1 amide bonds. The van der Waals surface area contributed by atoms with Crippen LogP contribution in [0, 0.1) is 11.8 Å². The molecule has 3 aliphatic rings. The fourth-order valence-electron chi connectivity index (χ4n) is 5.38. The Kier molecular flexibility index (Phi) is 7.33. The lowest BCUT2D eigenvalue weighted by atomic mass is 9.84. The minimum Gasteiger partial charge on any atom is -0.381 e. The number of benzene rings is 1. The number of imidazole rings is 1. The minimum absolute atomic E-state index is 0.0123. The van der Waals surface area contributed by atoms with Crippen LogP contribution in [0.25, 0.3) is 11.0 Å². The number of aromatic nitrogens is 2. The smallest absolute Gasteiger partial charge is 0.225 e. The van der Waals surface area contributed by atoms with Crippen LogP contribution in [0.2, 0.25) is 0 Å². The molecule has 0 unspecified atom stereocenters. The maximum absolute atomic E-state index is 12.6. The molecular weight excluding hydrogens is 458 g/mol. The van der Waals surface area contributed by atoms with E-state index in [0.29, 0.717) is 17.7 Å². The molecule has 0 radical (unpaired) electrons. The van der Waals surface area contributed by atoms with Gasteiger partial charge in [0, 0.05) is 76.5 Å². The second kappa shape index (κ2) is 10.3. The SMILES string of the molecule is CN(SN1CCN(C(=O)C2CCC2)CC1)c1ccc2c(c1)nc(C(C)(C)C)n2CC1CCOCC1. The Morgan fingerprint density at radius 3 is 2.46 bits per heavy atom. The van der Waals surface area contributed by atoms with Crippen molar-refractivity contribution in [2.45, 2.75) is 64.8 Å². The van der Waals surface area contributed by atoms with Crippen molar-refractivity contribution in [3.05, 3.63) is 24.0 Å². The molecule has 1 aromatic heterocycles. The Bertz CT molecular complexity index is 1030. The van der Waals surface area contributed by atoms with Crippen molar-refractivity contribution < 1.29 is 9.53 Å². The lowest BCUT2D eigenvalue weighted by molar-refractivity contribution is -0.139. The highest BCUT2D eigenvalue weighted by Crippen LogP contribution is 2.33. The topological polar surface area (TPSA) is 53.8 Å². The van der Waals surface area contributed by atoms with E-state index in [4.69, 9.17) is 9.72 Å². The number of fused-ring (bicyclic) bond motifs is 1. The second-order valence-electron chi connectivity index (χ2n) is 11.5. The molecule has 2 aliphatic heterocycles. The molecular formula is C27H41N5O2S. The van der Waals surface area contributed by atoms with Crippen molar-refractivity contribution in [1.29, 1.82) is 0 Å². The molecule has 0 spiro atoms. The van der Waals surface area contributed by atoms with Gasteiger partial charge in [-0.2, -0.15) is 0 Å². The van der Waals surface area contributed by atoms with Gasteiger partial charge in [-0.05, 0) is 49.8 Å². The third-order valence-electron chi connectivity index (χ3n) is 7.79. The molecule has 0 atom stereocenters. The van der Waals surface area contributed by atoms with Gasteiger partial charge in [0.05, 0.1) is 16.7 Å². The molecule has 8 heteroatoms. The summed E-state index contributed by atoms with van der Waals surface area (Å²) in [5.41, 5.74) is 3.45. The Morgan fingerprint density at radius 2 is 1.83 bits per heavy atom. The van der Waals surface area contributed by atoms with Crippen LogP contribution < -0.4 is 4.31 Å². The molecule has 1 aliphatic carbocycles. The summed E-state index contributed by atoms with van der Waals surface area (Å²) < 4.78 is 12.7. The molecule has 2 saturated heterocycles. The van der Waals surface area contributed by atoms with Crippen LogP contribution in [0.5, 0.6) is 0 Å². The number of carbonyl (C=O) groups is 1. The third-order valence-corrected chi connectivity index (χ3v) is 8.84. The predicted molar refractivity (Wildman–Crippen MR) is 143 cm³/mol. The van der Waals surface area contributed by atoms with Gasteiger partial charge in [-0.15, -0.1) is 0 Å². The first-order valence-electron chi connectivity index (χ1n) is 13.3. The number of hydrogen-bond acceptors (Lipinski definition) is 6. The van der Waals surface area contributed by atoms with Crippen LogP contribution in [0.4, 0.5) is 5.69 Å². The number of piperazine rings is 1. The molecule has 3 fully saturated rings. The van der Waals surface area contributed by atoms with Gasteiger partial charge >= 0.3 is 0 Å². The van der Waals surface area contributed by atoms with E-state index in [0.717, 1.165) is 82.8 Å². The third kappa shape index (κ3) is 5.49. The maximum Gasteiger partial charge on any atom is 0.225 e. The lowest BCUT2D eigenvalue weighted by Crippen LogP contribution is -2.49. The molecule has 5 rings (SSSR count). The zero-order valence-corrected chi connectivity index (χ0v) is 22.6. The molecule has 0 N–H and O–H groups in total. The monoisotopic (exact) mass is 499 g/mol. The molecule has 192 valence electrons. The Labute approximate surface area is 214 Å². The van der Waals surface area contributed by atoms with Crippen molar-refractivity contribution in [2.24, 2.45) is 11.8 Å². The average Bonchev–Trinajstić information content (AvgIpc) is 3.17. The van der Waals surface area contributed by atoms with Crippen LogP contribution >= 0.6 is 12.1 Å². The van der Waals surface area contributed by atoms with E-state index in [2.05, 4.69) is 64.1 Å². The summed E-state index contributed by atoms with van der Waals surface area (Å²) in [5.74, 6) is 2.49. The molecule has 1 aromatic carbocycles. The zero-order chi connectivity index (χ0) is 24.6. The van der Waals surface area contributed by atoms with Crippen molar-refractivity contribution in [3.8, 4) is 0 Å². The van der Waals surface area contributed by atoms with Gasteiger partial charge in [-0.25, -0.2) is 9.29 Å². The highest BCUT2D eigenvalue weighted by molar-refractivity contribution is 7.98. The van der Waals surface area contributed by atoms with Crippen molar-refractivity contribution in [1.82, 2.24) is 18.8 Å². The van der Waals surface area contributed by atoms with Crippen molar-refractivity contribution in [3.63, 3.8) is 0 Å². The normalized spacial score (nSPS) is 20.9. The summed E-state index contributed by atoms with van der Waals surface area (Å²) in [7, 11) is 2.13. The van der Waals surface area contributed by atoms with Gasteiger partial charge in [0.2, 0.25) is 5.91 Å². The van der Waals surface area contributed by atoms with E-state index < -0.39 is 0 Å². The van der Waals surface area contributed by atoms with Crippen LogP contribution in [0.1, 0.15) is 58.7 Å². The summed E-state index contributed by atoms with van der Waals surface area (Å²) in [5, 5.41) is 0. The Morgan fingerprint density at radius 1 is 1.11 bits per heavy atom. The summed E-state index contributed by atoms with van der Waals surface area (Å²) in [4.78, 5) is 19.8. The average molecular weight is 500 g/mol. The quantitative estimate of drug-likeness (QED) is 0.537. The first-order valence-corrected chi connectivity index (χ1v) is 14.1. The fraction of sp³-hybridized carbons (Fsp3) is 0.704. The van der Waals surface area contributed by atoms with Crippen molar-refractivity contribution >= 4 is 34.8 Å². The summed E-state index contributed by atoms with van der Waals surface area (Å²) >= 11 is 1.75. The number of amides is 1. The van der Waals surface area contributed by atoms with E-state index in [1.807, 2.05) is 0 Å². The van der Waals surface area contributed by atoms with Gasteiger partial charge in [0.15, 0.2) is 0 Å². The van der Waals surface area contributed by atoms with E-state index in [1.54, 1.807) is 12.1 Å². The number of rotatable bonds is 6. The fourth-order valence-corrected chi connectivity index (χ4v) is 6.26. The molecule has 1 saturated carbocycles. The zero-order valence-electron chi connectivity index (χ0n) is 21.8. The first kappa shape index (κ1) is 24.9. The van der Waals surface area contributed by atoms with Gasteiger partial charge in [-0.3, -0.25) is 4.79 Å². The molecule has 0 bridgehead atoms. The second-order valence-corrected chi connectivity index (χ2v) is 12.7. The van der Waals surface area contributed by atoms with E-state index in [1.165, 1.54) is 17.8 Å². The number of nitrogens with zero attached hydrogens (tertiary/aromatic N) is 5. The minimum atomic E-state index is -0.0123. The maximum atomic E-state index is 12.6. The molecule has 2 aromatic rings. The largest absolute Gasteiger partial charge is 0.381 e. The van der Waals surface area contributed by atoms with E-state index in [9.17, 15) is 4.79 Å². The van der Waals surface area contributed by atoms with Crippen LogP contribution in [0.3, 0.4) is 0 Å². The van der Waals surface area contributed by atoms with Crippen molar-refractivity contribution in [2.75, 3.05) is 50.7 Å². The van der Waals surface area contributed by atoms with Gasteiger partial charge in [0.1, 0.15) is 5.82 Å².